The molecule has 1 fully saturated rings. The Balaban J connectivity index is 2.11. The van der Waals surface area contributed by atoms with E-state index in [-0.39, 0.29) is 17.9 Å². The van der Waals surface area contributed by atoms with Crippen LogP contribution in [-0.4, -0.2) is 78.4 Å². The first-order valence-corrected chi connectivity index (χ1v) is 9.81. The SMILES string of the molecule is CCNC(=NCC(c1cnn(C)c1)N(C)C)N1CCCC(C(=O)OCC)C1. The van der Waals surface area contributed by atoms with Crippen molar-refractivity contribution in [3.8, 4) is 0 Å². The molecule has 2 heterocycles. The maximum Gasteiger partial charge on any atom is 0.310 e. The van der Waals surface area contributed by atoms with E-state index in [0.29, 0.717) is 19.7 Å². The lowest BCUT2D eigenvalue weighted by molar-refractivity contribution is -0.149. The number of esters is 1. The first-order chi connectivity index (χ1) is 13.0. The lowest BCUT2D eigenvalue weighted by Crippen LogP contribution is -2.48. The summed E-state index contributed by atoms with van der Waals surface area (Å²) in [5.74, 6) is 0.687. The second kappa shape index (κ2) is 10.3. The third-order valence-electron chi connectivity index (χ3n) is 4.82. The highest BCUT2D eigenvalue weighted by Crippen LogP contribution is 2.20. The van der Waals surface area contributed by atoms with Crippen molar-refractivity contribution in [2.75, 3.05) is 46.9 Å². The summed E-state index contributed by atoms with van der Waals surface area (Å²) < 4.78 is 7.03. The van der Waals surface area contributed by atoms with Crippen molar-refractivity contribution in [3.05, 3.63) is 18.0 Å². The number of carbonyl (C=O) groups is 1. The van der Waals surface area contributed by atoms with E-state index in [1.807, 2.05) is 31.0 Å². The van der Waals surface area contributed by atoms with Crippen LogP contribution in [0.1, 0.15) is 38.3 Å². The van der Waals surface area contributed by atoms with E-state index in [0.717, 1.165) is 37.5 Å². The summed E-state index contributed by atoms with van der Waals surface area (Å²) in [6.07, 6.45) is 5.77. The average molecular weight is 379 g/mol. The first-order valence-electron chi connectivity index (χ1n) is 9.81. The van der Waals surface area contributed by atoms with Crippen LogP contribution in [0.4, 0.5) is 0 Å². The van der Waals surface area contributed by atoms with Crippen LogP contribution in [0, 0.1) is 5.92 Å². The molecule has 1 aromatic rings. The second-order valence-corrected chi connectivity index (χ2v) is 7.16. The Kier molecular flexibility index (Phi) is 8.09. The molecule has 0 aromatic carbocycles. The van der Waals surface area contributed by atoms with E-state index < -0.39 is 0 Å². The Labute approximate surface area is 162 Å². The van der Waals surface area contributed by atoms with Gasteiger partial charge in [0.1, 0.15) is 0 Å². The van der Waals surface area contributed by atoms with Gasteiger partial charge in [-0.2, -0.15) is 5.10 Å². The van der Waals surface area contributed by atoms with Crippen molar-refractivity contribution >= 4 is 11.9 Å². The summed E-state index contributed by atoms with van der Waals surface area (Å²) in [5, 5.41) is 7.66. The number of aliphatic imine (C=N–C) groups is 1. The van der Waals surface area contributed by atoms with Crippen LogP contribution >= 0.6 is 0 Å². The van der Waals surface area contributed by atoms with Crippen LogP contribution in [0.2, 0.25) is 0 Å². The van der Waals surface area contributed by atoms with E-state index >= 15 is 0 Å². The highest BCUT2D eigenvalue weighted by Gasteiger charge is 2.28. The van der Waals surface area contributed by atoms with E-state index in [1.54, 1.807) is 0 Å². The van der Waals surface area contributed by atoms with Gasteiger partial charge in [-0.25, -0.2) is 0 Å². The van der Waals surface area contributed by atoms with E-state index in [1.165, 1.54) is 0 Å². The van der Waals surface area contributed by atoms with Crippen LogP contribution in [0.15, 0.2) is 17.4 Å². The van der Waals surface area contributed by atoms with Gasteiger partial charge in [-0.3, -0.25) is 14.5 Å². The van der Waals surface area contributed by atoms with Crippen molar-refractivity contribution in [2.45, 2.75) is 32.7 Å². The van der Waals surface area contributed by atoms with Gasteiger partial charge in [0.25, 0.3) is 0 Å². The maximum atomic E-state index is 12.1. The molecule has 0 saturated carbocycles. The fourth-order valence-corrected chi connectivity index (χ4v) is 3.40. The zero-order valence-electron chi connectivity index (χ0n) is 17.3. The van der Waals surface area contributed by atoms with Gasteiger partial charge in [0.05, 0.1) is 31.3 Å². The van der Waals surface area contributed by atoms with Crippen LogP contribution in [0.3, 0.4) is 0 Å². The van der Waals surface area contributed by atoms with Crippen molar-refractivity contribution in [1.82, 2.24) is 24.9 Å². The fraction of sp³-hybridized carbons (Fsp3) is 0.737. The Morgan fingerprint density at radius 2 is 2.26 bits per heavy atom. The number of likely N-dealkylation sites (tertiary alicyclic amines) is 1. The molecule has 1 aliphatic rings. The number of nitrogens with zero attached hydrogens (tertiary/aromatic N) is 5. The predicted octanol–water partition coefficient (Wildman–Crippen LogP) is 1.26. The highest BCUT2D eigenvalue weighted by atomic mass is 16.5. The molecule has 1 saturated heterocycles. The monoisotopic (exact) mass is 378 g/mol. The van der Waals surface area contributed by atoms with Crippen molar-refractivity contribution in [2.24, 2.45) is 18.0 Å². The molecule has 152 valence electrons. The van der Waals surface area contributed by atoms with Gasteiger partial charge in [0.15, 0.2) is 5.96 Å². The number of guanidine groups is 1. The third-order valence-corrected chi connectivity index (χ3v) is 4.82. The van der Waals surface area contributed by atoms with E-state index in [4.69, 9.17) is 9.73 Å². The summed E-state index contributed by atoms with van der Waals surface area (Å²) >= 11 is 0. The Hall–Kier alpha value is -2.09. The molecule has 27 heavy (non-hydrogen) atoms. The Morgan fingerprint density at radius 3 is 2.85 bits per heavy atom. The molecule has 2 rings (SSSR count). The number of hydrogen-bond donors (Lipinski definition) is 1. The number of aromatic nitrogens is 2. The molecule has 8 heteroatoms. The number of nitrogens with one attached hydrogen (secondary N) is 1. The minimum absolute atomic E-state index is 0.0782. The molecular formula is C19H34N6O2. The molecule has 0 bridgehead atoms. The Bertz CT molecular complexity index is 627. The molecule has 2 atom stereocenters. The van der Waals surface area contributed by atoms with Gasteiger partial charge >= 0.3 is 5.97 Å². The molecule has 1 aliphatic heterocycles. The fourth-order valence-electron chi connectivity index (χ4n) is 3.40. The van der Waals surface area contributed by atoms with Crippen molar-refractivity contribution in [1.29, 1.82) is 0 Å². The maximum absolute atomic E-state index is 12.1. The summed E-state index contributed by atoms with van der Waals surface area (Å²) in [6.45, 7) is 7.32. The van der Waals surface area contributed by atoms with Crippen LogP contribution in [0.25, 0.3) is 0 Å². The normalized spacial score (nSPS) is 19.3. The number of ether oxygens (including phenoxy) is 1. The molecule has 0 amide bonds. The predicted molar refractivity (Wildman–Crippen MR) is 107 cm³/mol. The number of rotatable bonds is 7. The smallest absolute Gasteiger partial charge is 0.310 e. The summed E-state index contributed by atoms with van der Waals surface area (Å²) in [7, 11) is 6.03. The van der Waals surface area contributed by atoms with Gasteiger partial charge in [-0.15, -0.1) is 0 Å². The first kappa shape index (κ1) is 21.2. The van der Waals surface area contributed by atoms with Gasteiger partial charge in [0, 0.05) is 38.4 Å². The standard InChI is InChI=1S/C19H34N6O2/c1-6-20-19(25-10-8-9-15(14-25)18(26)27-7-2)21-12-17(23(3)4)16-11-22-24(5)13-16/h11,13,15,17H,6-10,12,14H2,1-5H3,(H,20,21). The van der Waals surface area contributed by atoms with Gasteiger partial charge in [-0.05, 0) is 40.8 Å². The third kappa shape index (κ3) is 5.95. The number of hydrogen-bond acceptors (Lipinski definition) is 5. The summed E-state index contributed by atoms with van der Waals surface area (Å²) in [4.78, 5) is 21.4. The quantitative estimate of drug-likeness (QED) is 0.437. The van der Waals surface area contributed by atoms with Gasteiger partial charge < -0.3 is 19.9 Å². The molecule has 1 N–H and O–H groups in total. The Morgan fingerprint density at radius 1 is 1.48 bits per heavy atom. The zero-order valence-corrected chi connectivity index (χ0v) is 17.3. The zero-order chi connectivity index (χ0) is 19.8. The largest absolute Gasteiger partial charge is 0.466 e. The highest BCUT2D eigenvalue weighted by molar-refractivity contribution is 5.81. The molecule has 2 unspecified atom stereocenters. The minimum atomic E-state index is -0.0976. The van der Waals surface area contributed by atoms with Crippen molar-refractivity contribution in [3.63, 3.8) is 0 Å². The molecular weight excluding hydrogens is 344 g/mol. The minimum Gasteiger partial charge on any atom is -0.466 e. The molecule has 0 spiro atoms. The number of carbonyl (C=O) groups excluding carboxylic acids is 1. The molecule has 0 radical (unpaired) electrons. The topological polar surface area (TPSA) is 75.0 Å². The van der Waals surface area contributed by atoms with Crippen LogP contribution in [0.5, 0.6) is 0 Å². The van der Waals surface area contributed by atoms with Crippen molar-refractivity contribution < 1.29 is 9.53 Å². The number of aryl methyl sites for hydroxylation is 1. The summed E-state index contributed by atoms with van der Waals surface area (Å²) in [6, 6.07) is 0.151. The van der Waals surface area contributed by atoms with Crippen LogP contribution in [-0.2, 0) is 16.6 Å². The van der Waals surface area contributed by atoms with Gasteiger partial charge in [0.2, 0.25) is 0 Å². The lowest BCUT2D eigenvalue weighted by Gasteiger charge is -2.34. The number of likely N-dealkylation sites (N-methyl/N-ethyl adjacent to an activating group) is 1. The molecule has 8 nitrogen and oxygen atoms in total. The number of piperidine rings is 1. The van der Waals surface area contributed by atoms with E-state index in [9.17, 15) is 4.79 Å². The lowest BCUT2D eigenvalue weighted by atomic mass is 9.98. The average Bonchev–Trinajstić information content (AvgIpc) is 3.07. The van der Waals surface area contributed by atoms with Gasteiger partial charge in [-0.1, -0.05) is 0 Å². The van der Waals surface area contributed by atoms with E-state index in [2.05, 4.69) is 41.2 Å². The summed E-state index contributed by atoms with van der Waals surface area (Å²) in [5.41, 5.74) is 1.14. The van der Waals surface area contributed by atoms with Crippen LogP contribution < -0.4 is 5.32 Å². The molecule has 0 aliphatic carbocycles. The molecule has 1 aromatic heterocycles. The second-order valence-electron chi connectivity index (χ2n) is 7.16.